The van der Waals surface area contributed by atoms with Crippen LogP contribution >= 0.6 is 0 Å². The molecule has 0 atom stereocenters. The maximum absolute atomic E-state index is 12.2. The van der Waals surface area contributed by atoms with Crippen LogP contribution in [0.15, 0.2) is 23.9 Å². The summed E-state index contributed by atoms with van der Waals surface area (Å²) < 4.78 is 0. The molecule has 0 fully saturated rings. The summed E-state index contributed by atoms with van der Waals surface area (Å²) in [5.74, 6) is -0.788. The molecule has 3 rings (SSSR count). The summed E-state index contributed by atoms with van der Waals surface area (Å²) in [6.07, 6.45) is 3.37. The zero-order chi connectivity index (χ0) is 15.7. The van der Waals surface area contributed by atoms with E-state index < -0.39 is 11.8 Å². The minimum Gasteiger partial charge on any atom is -0.395 e. The molecule has 1 aromatic carbocycles. The van der Waals surface area contributed by atoms with Crippen molar-refractivity contribution in [2.24, 2.45) is 0 Å². The molecular formula is C16H19N3O3. The van der Waals surface area contributed by atoms with Crippen LogP contribution in [0.4, 0.5) is 11.4 Å². The van der Waals surface area contributed by atoms with Gasteiger partial charge in [0.25, 0.3) is 11.8 Å². The summed E-state index contributed by atoms with van der Waals surface area (Å²) in [5, 5.41) is 15.4. The standard InChI is InChI=1S/C16H19N3O3/c1-10-4-5-11-3-2-6-17-15(11)14(10)18-12-9-13(21)19(7-8-20)16(12)22/h4-5,9,17-18,20H,2-3,6-8H2,1H3. The molecule has 0 spiro atoms. The molecule has 0 unspecified atom stereocenters. The Hall–Kier alpha value is -2.34. The first kappa shape index (κ1) is 14.6. The number of hydrogen-bond acceptors (Lipinski definition) is 5. The average molecular weight is 301 g/mol. The van der Waals surface area contributed by atoms with Crippen LogP contribution in [0.2, 0.25) is 0 Å². The zero-order valence-electron chi connectivity index (χ0n) is 12.5. The van der Waals surface area contributed by atoms with E-state index in [1.165, 1.54) is 11.6 Å². The van der Waals surface area contributed by atoms with Gasteiger partial charge in [-0.05, 0) is 30.9 Å². The number of aliphatic hydroxyl groups excluding tert-OH is 1. The molecule has 0 aromatic heterocycles. The third-order valence-corrected chi connectivity index (χ3v) is 4.02. The summed E-state index contributed by atoms with van der Waals surface area (Å²) in [4.78, 5) is 25.1. The summed E-state index contributed by atoms with van der Waals surface area (Å²) in [6.45, 7) is 2.64. The number of anilines is 2. The molecule has 2 amide bonds. The molecule has 0 saturated carbocycles. The van der Waals surface area contributed by atoms with Crippen LogP contribution < -0.4 is 10.6 Å². The highest BCUT2D eigenvalue weighted by molar-refractivity contribution is 6.17. The number of carbonyl (C=O) groups is 2. The van der Waals surface area contributed by atoms with Gasteiger partial charge < -0.3 is 15.7 Å². The van der Waals surface area contributed by atoms with E-state index in [-0.39, 0.29) is 18.8 Å². The average Bonchev–Trinajstić information content (AvgIpc) is 2.78. The van der Waals surface area contributed by atoms with E-state index in [2.05, 4.69) is 16.7 Å². The van der Waals surface area contributed by atoms with Crippen LogP contribution in [0, 0.1) is 6.92 Å². The lowest BCUT2D eigenvalue weighted by Crippen LogP contribution is -2.34. The highest BCUT2D eigenvalue weighted by Gasteiger charge is 2.31. The molecule has 116 valence electrons. The van der Waals surface area contributed by atoms with E-state index >= 15 is 0 Å². The number of β-amino-alcohol motifs (C(OH)–C–C–N with tert-alkyl or cyclic N) is 1. The third kappa shape index (κ3) is 2.46. The Labute approximate surface area is 128 Å². The van der Waals surface area contributed by atoms with Crippen molar-refractivity contribution in [3.05, 3.63) is 35.0 Å². The fourth-order valence-electron chi connectivity index (χ4n) is 2.86. The number of imide groups is 1. The van der Waals surface area contributed by atoms with Crippen molar-refractivity contribution in [3.8, 4) is 0 Å². The van der Waals surface area contributed by atoms with Gasteiger partial charge in [0.15, 0.2) is 0 Å². The Morgan fingerprint density at radius 1 is 1.36 bits per heavy atom. The van der Waals surface area contributed by atoms with E-state index in [1.54, 1.807) is 0 Å². The Morgan fingerprint density at radius 3 is 2.95 bits per heavy atom. The Morgan fingerprint density at radius 2 is 2.18 bits per heavy atom. The maximum Gasteiger partial charge on any atom is 0.277 e. The van der Waals surface area contributed by atoms with Gasteiger partial charge in [0, 0.05) is 12.6 Å². The summed E-state index contributed by atoms with van der Waals surface area (Å²) in [5.41, 5.74) is 4.32. The Bertz CT molecular complexity index is 667. The predicted octanol–water partition coefficient (Wildman–Crippen LogP) is 1.01. The van der Waals surface area contributed by atoms with E-state index in [4.69, 9.17) is 5.11 Å². The van der Waals surface area contributed by atoms with Gasteiger partial charge in [0.2, 0.25) is 0 Å². The van der Waals surface area contributed by atoms with Gasteiger partial charge in [0.05, 0.1) is 24.5 Å². The van der Waals surface area contributed by atoms with E-state index in [0.29, 0.717) is 0 Å². The molecule has 1 aromatic rings. The van der Waals surface area contributed by atoms with Crippen molar-refractivity contribution >= 4 is 23.2 Å². The number of nitrogens with zero attached hydrogens (tertiary/aromatic N) is 1. The molecule has 2 aliphatic rings. The smallest absolute Gasteiger partial charge is 0.277 e. The van der Waals surface area contributed by atoms with Crippen molar-refractivity contribution in [2.45, 2.75) is 19.8 Å². The molecule has 3 N–H and O–H groups in total. The Kier molecular flexibility index (Phi) is 3.85. The van der Waals surface area contributed by atoms with Gasteiger partial charge in [-0.2, -0.15) is 0 Å². The molecule has 6 nitrogen and oxygen atoms in total. The number of amides is 2. The quantitative estimate of drug-likeness (QED) is 0.723. The fraction of sp³-hybridized carbons (Fsp3) is 0.375. The summed E-state index contributed by atoms with van der Waals surface area (Å²) in [7, 11) is 0. The second-order valence-corrected chi connectivity index (χ2v) is 5.52. The van der Waals surface area contributed by atoms with Crippen molar-refractivity contribution in [2.75, 3.05) is 30.3 Å². The minimum absolute atomic E-state index is 0.0173. The third-order valence-electron chi connectivity index (χ3n) is 4.02. The predicted molar refractivity (Wildman–Crippen MR) is 83.5 cm³/mol. The lowest BCUT2D eigenvalue weighted by atomic mass is 9.99. The maximum atomic E-state index is 12.2. The first-order chi connectivity index (χ1) is 10.6. The first-order valence-electron chi connectivity index (χ1n) is 7.43. The van der Waals surface area contributed by atoms with Crippen molar-refractivity contribution in [3.63, 3.8) is 0 Å². The monoisotopic (exact) mass is 301 g/mol. The molecule has 6 heteroatoms. The van der Waals surface area contributed by atoms with E-state index in [0.717, 1.165) is 41.2 Å². The number of carbonyl (C=O) groups excluding carboxylic acids is 2. The van der Waals surface area contributed by atoms with Gasteiger partial charge in [0.1, 0.15) is 5.70 Å². The zero-order valence-corrected chi connectivity index (χ0v) is 12.5. The van der Waals surface area contributed by atoms with E-state index in [9.17, 15) is 9.59 Å². The molecular weight excluding hydrogens is 282 g/mol. The number of fused-ring (bicyclic) bond motifs is 1. The topological polar surface area (TPSA) is 81.7 Å². The molecule has 2 aliphatic heterocycles. The van der Waals surface area contributed by atoms with Crippen molar-refractivity contribution < 1.29 is 14.7 Å². The lowest BCUT2D eigenvalue weighted by molar-refractivity contribution is -0.137. The van der Waals surface area contributed by atoms with Gasteiger partial charge in [-0.25, -0.2) is 0 Å². The second kappa shape index (κ2) is 5.81. The Balaban J connectivity index is 1.90. The molecule has 22 heavy (non-hydrogen) atoms. The number of hydrogen-bond donors (Lipinski definition) is 3. The van der Waals surface area contributed by atoms with Crippen LogP contribution in [0.25, 0.3) is 0 Å². The minimum atomic E-state index is -0.396. The van der Waals surface area contributed by atoms with Crippen LogP contribution in [-0.4, -0.2) is 41.5 Å². The van der Waals surface area contributed by atoms with Gasteiger partial charge in [-0.1, -0.05) is 12.1 Å². The van der Waals surface area contributed by atoms with Gasteiger partial charge in [-0.3, -0.25) is 14.5 Å². The first-order valence-corrected chi connectivity index (χ1v) is 7.43. The van der Waals surface area contributed by atoms with Crippen molar-refractivity contribution in [1.29, 1.82) is 0 Å². The van der Waals surface area contributed by atoms with Gasteiger partial charge >= 0.3 is 0 Å². The number of rotatable bonds is 4. The molecule has 2 heterocycles. The second-order valence-electron chi connectivity index (χ2n) is 5.52. The number of aryl methyl sites for hydroxylation is 2. The number of benzene rings is 1. The normalized spacial score (nSPS) is 17.2. The molecule has 0 saturated heterocycles. The molecule has 0 radical (unpaired) electrons. The molecule has 0 aliphatic carbocycles. The van der Waals surface area contributed by atoms with Crippen LogP contribution in [0.5, 0.6) is 0 Å². The summed E-state index contributed by atoms with van der Waals surface area (Å²) in [6, 6.07) is 4.11. The SMILES string of the molecule is Cc1ccc2c(c1NC1=CC(=O)N(CCO)C1=O)NCCC2. The highest BCUT2D eigenvalue weighted by atomic mass is 16.3. The van der Waals surface area contributed by atoms with Crippen LogP contribution in [0.1, 0.15) is 17.5 Å². The number of aliphatic hydroxyl groups is 1. The summed E-state index contributed by atoms with van der Waals surface area (Å²) >= 11 is 0. The van der Waals surface area contributed by atoms with Gasteiger partial charge in [-0.15, -0.1) is 0 Å². The van der Waals surface area contributed by atoms with E-state index in [1.807, 2.05) is 13.0 Å². The highest BCUT2D eigenvalue weighted by Crippen LogP contribution is 2.34. The largest absolute Gasteiger partial charge is 0.395 e. The van der Waals surface area contributed by atoms with Crippen LogP contribution in [-0.2, 0) is 16.0 Å². The fourth-order valence-corrected chi connectivity index (χ4v) is 2.86. The lowest BCUT2D eigenvalue weighted by Gasteiger charge is -2.24. The number of nitrogens with one attached hydrogen (secondary N) is 2. The van der Waals surface area contributed by atoms with Crippen molar-refractivity contribution in [1.82, 2.24) is 4.90 Å². The molecule has 0 bridgehead atoms. The van der Waals surface area contributed by atoms with Crippen LogP contribution in [0.3, 0.4) is 0 Å².